The second-order valence-corrected chi connectivity index (χ2v) is 4.68. The van der Waals surface area contributed by atoms with Crippen LogP contribution in [-0.4, -0.2) is 25.2 Å². The molecule has 4 nitrogen and oxygen atoms in total. The number of hydrogen-bond donors (Lipinski definition) is 0. The maximum atomic E-state index is 11.7. The summed E-state index contributed by atoms with van der Waals surface area (Å²) in [6.07, 6.45) is 0.970. The molecule has 0 bridgehead atoms. The van der Waals surface area contributed by atoms with Crippen LogP contribution in [0.15, 0.2) is 24.3 Å². The van der Waals surface area contributed by atoms with Crippen LogP contribution in [0.1, 0.15) is 36.7 Å². The van der Waals surface area contributed by atoms with Crippen molar-refractivity contribution in [3.8, 4) is 0 Å². The van der Waals surface area contributed by atoms with Crippen LogP contribution in [0.25, 0.3) is 0 Å². The molecule has 0 spiro atoms. The Morgan fingerprint density at radius 3 is 2.26 bits per heavy atom. The molecule has 19 heavy (non-hydrogen) atoms. The molecule has 1 aromatic rings. The molecule has 104 valence electrons. The molecule has 0 fully saturated rings. The second-order valence-electron chi connectivity index (χ2n) is 4.68. The third-order valence-corrected chi connectivity index (χ3v) is 2.46. The van der Waals surface area contributed by atoms with Gasteiger partial charge in [0, 0.05) is 0 Å². The van der Waals surface area contributed by atoms with Crippen molar-refractivity contribution in [2.75, 3.05) is 13.2 Å². The summed E-state index contributed by atoms with van der Waals surface area (Å²) in [5.41, 5.74) is 1.62. The Bertz CT molecular complexity index is 420. The molecule has 0 radical (unpaired) electrons. The summed E-state index contributed by atoms with van der Waals surface area (Å²) in [6, 6.07) is 7.23. The van der Waals surface area contributed by atoms with Gasteiger partial charge in [-0.25, -0.2) is 9.59 Å². The Morgan fingerprint density at radius 2 is 1.74 bits per heavy atom. The van der Waals surface area contributed by atoms with Crippen molar-refractivity contribution in [1.29, 1.82) is 0 Å². The number of carbonyl (C=O) groups excluding carboxylic acids is 2. The molecule has 1 aromatic carbocycles. The minimum absolute atomic E-state index is 0.278. The van der Waals surface area contributed by atoms with E-state index in [0.717, 1.165) is 6.42 Å². The standard InChI is InChI=1S/C15H20O4/c1-4-18-14(16)10-19-15(17)13-7-5-12(6-8-13)9-11(2)3/h5-8,11H,4,9-10H2,1-3H3. The summed E-state index contributed by atoms with van der Waals surface area (Å²) >= 11 is 0. The summed E-state index contributed by atoms with van der Waals surface area (Å²) in [5, 5.41) is 0. The SMILES string of the molecule is CCOC(=O)COC(=O)c1ccc(CC(C)C)cc1. The predicted octanol–water partition coefficient (Wildman–Crippen LogP) is 2.61. The Kier molecular flexibility index (Phi) is 6.06. The summed E-state index contributed by atoms with van der Waals surface area (Å²) in [7, 11) is 0. The van der Waals surface area contributed by atoms with E-state index in [-0.39, 0.29) is 13.2 Å². The summed E-state index contributed by atoms with van der Waals surface area (Å²) < 4.78 is 9.52. The minimum Gasteiger partial charge on any atom is -0.463 e. The first-order chi connectivity index (χ1) is 9.02. The third kappa shape index (κ3) is 5.55. The zero-order chi connectivity index (χ0) is 14.3. The van der Waals surface area contributed by atoms with Gasteiger partial charge in [-0.05, 0) is 37.0 Å². The fourth-order valence-corrected chi connectivity index (χ4v) is 1.66. The van der Waals surface area contributed by atoms with Gasteiger partial charge in [0.05, 0.1) is 12.2 Å². The van der Waals surface area contributed by atoms with E-state index in [1.807, 2.05) is 12.1 Å². The van der Waals surface area contributed by atoms with Crippen molar-refractivity contribution in [2.24, 2.45) is 5.92 Å². The molecule has 4 heteroatoms. The van der Waals surface area contributed by atoms with Crippen molar-refractivity contribution in [3.63, 3.8) is 0 Å². The van der Waals surface area contributed by atoms with Crippen molar-refractivity contribution in [1.82, 2.24) is 0 Å². The van der Waals surface area contributed by atoms with Crippen LogP contribution in [0.2, 0.25) is 0 Å². The molecule has 0 N–H and O–H groups in total. The molecule has 0 saturated heterocycles. The van der Waals surface area contributed by atoms with Crippen molar-refractivity contribution in [3.05, 3.63) is 35.4 Å². The lowest BCUT2D eigenvalue weighted by Crippen LogP contribution is -2.16. The van der Waals surface area contributed by atoms with Crippen molar-refractivity contribution >= 4 is 11.9 Å². The van der Waals surface area contributed by atoms with E-state index in [0.29, 0.717) is 11.5 Å². The van der Waals surface area contributed by atoms with Crippen LogP contribution < -0.4 is 0 Å². The van der Waals surface area contributed by atoms with E-state index in [2.05, 4.69) is 18.6 Å². The monoisotopic (exact) mass is 264 g/mol. The summed E-state index contributed by atoms with van der Waals surface area (Å²) in [4.78, 5) is 22.7. The normalized spacial score (nSPS) is 10.3. The van der Waals surface area contributed by atoms with Gasteiger partial charge in [0.1, 0.15) is 0 Å². The van der Waals surface area contributed by atoms with Crippen LogP contribution in [-0.2, 0) is 20.7 Å². The first kappa shape index (κ1) is 15.2. The van der Waals surface area contributed by atoms with Gasteiger partial charge < -0.3 is 9.47 Å². The zero-order valence-corrected chi connectivity index (χ0v) is 11.6. The smallest absolute Gasteiger partial charge is 0.344 e. The molecule has 0 aliphatic heterocycles. The van der Waals surface area contributed by atoms with E-state index >= 15 is 0 Å². The number of rotatable bonds is 6. The largest absolute Gasteiger partial charge is 0.463 e. The molecule has 0 saturated carbocycles. The van der Waals surface area contributed by atoms with E-state index in [9.17, 15) is 9.59 Å². The first-order valence-electron chi connectivity index (χ1n) is 6.44. The first-order valence-corrected chi connectivity index (χ1v) is 6.44. The number of carbonyl (C=O) groups is 2. The zero-order valence-electron chi connectivity index (χ0n) is 11.6. The molecule has 0 aromatic heterocycles. The lowest BCUT2D eigenvalue weighted by molar-refractivity contribution is -0.146. The summed E-state index contributed by atoms with van der Waals surface area (Å²) in [6.45, 7) is 5.91. The van der Waals surface area contributed by atoms with Crippen LogP contribution in [0, 0.1) is 5.92 Å². The van der Waals surface area contributed by atoms with E-state index in [1.165, 1.54) is 5.56 Å². The highest BCUT2D eigenvalue weighted by atomic mass is 16.6. The van der Waals surface area contributed by atoms with Gasteiger partial charge in [-0.2, -0.15) is 0 Å². The highest BCUT2D eigenvalue weighted by Crippen LogP contribution is 2.10. The Labute approximate surface area is 113 Å². The van der Waals surface area contributed by atoms with E-state index < -0.39 is 11.9 Å². The maximum absolute atomic E-state index is 11.7. The van der Waals surface area contributed by atoms with E-state index in [1.54, 1.807) is 19.1 Å². The van der Waals surface area contributed by atoms with Gasteiger partial charge in [-0.1, -0.05) is 26.0 Å². The molecule has 0 heterocycles. The second kappa shape index (κ2) is 7.56. The minimum atomic E-state index is -0.535. The molecular weight excluding hydrogens is 244 g/mol. The molecule has 0 aliphatic carbocycles. The van der Waals surface area contributed by atoms with Crippen LogP contribution in [0.5, 0.6) is 0 Å². The number of benzene rings is 1. The Morgan fingerprint density at radius 1 is 1.11 bits per heavy atom. The Hall–Kier alpha value is -1.84. The molecule has 0 aliphatic rings. The molecular formula is C15H20O4. The van der Waals surface area contributed by atoms with Gasteiger partial charge in [-0.3, -0.25) is 0 Å². The molecule has 0 unspecified atom stereocenters. The van der Waals surface area contributed by atoms with Crippen molar-refractivity contribution in [2.45, 2.75) is 27.2 Å². The average molecular weight is 264 g/mol. The van der Waals surface area contributed by atoms with Gasteiger partial charge >= 0.3 is 11.9 Å². The highest BCUT2D eigenvalue weighted by molar-refractivity contribution is 5.90. The summed E-state index contributed by atoms with van der Waals surface area (Å²) in [5.74, 6) is -0.474. The molecule has 0 atom stereocenters. The van der Waals surface area contributed by atoms with Gasteiger partial charge in [0.25, 0.3) is 0 Å². The van der Waals surface area contributed by atoms with Crippen LogP contribution in [0.3, 0.4) is 0 Å². The number of hydrogen-bond acceptors (Lipinski definition) is 4. The van der Waals surface area contributed by atoms with Crippen LogP contribution >= 0.6 is 0 Å². The van der Waals surface area contributed by atoms with Gasteiger partial charge in [0.2, 0.25) is 0 Å². The predicted molar refractivity (Wildman–Crippen MR) is 71.9 cm³/mol. The topological polar surface area (TPSA) is 52.6 Å². The quantitative estimate of drug-likeness (QED) is 0.741. The lowest BCUT2D eigenvalue weighted by atomic mass is 10.0. The average Bonchev–Trinajstić information content (AvgIpc) is 2.36. The van der Waals surface area contributed by atoms with Crippen molar-refractivity contribution < 1.29 is 19.1 Å². The maximum Gasteiger partial charge on any atom is 0.344 e. The third-order valence-electron chi connectivity index (χ3n) is 2.46. The van der Waals surface area contributed by atoms with Gasteiger partial charge in [0.15, 0.2) is 6.61 Å². The number of esters is 2. The fraction of sp³-hybridized carbons (Fsp3) is 0.467. The molecule has 0 amide bonds. The highest BCUT2D eigenvalue weighted by Gasteiger charge is 2.10. The Balaban J connectivity index is 2.51. The van der Waals surface area contributed by atoms with Crippen LogP contribution in [0.4, 0.5) is 0 Å². The lowest BCUT2D eigenvalue weighted by Gasteiger charge is -2.07. The molecule has 1 rings (SSSR count). The number of ether oxygens (including phenoxy) is 2. The fourth-order valence-electron chi connectivity index (χ4n) is 1.66. The van der Waals surface area contributed by atoms with E-state index in [4.69, 9.17) is 4.74 Å². The van der Waals surface area contributed by atoms with Gasteiger partial charge in [-0.15, -0.1) is 0 Å².